The maximum absolute atomic E-state index is 2.46. The zero-order valence-electron chi connectivity index (χ0n) is 15.2. The van der Waals surface area contributed by atoms with Crippen LogP contribution in [0.3, 0.4) is 0 Å². The van der Waals surface area contributed by atoms with Crippen molar-refractivity contribution >= 4 is 49.0 Å². The summed E-state index contributed by atoms with van der Waals surface area (Å²) >= 11 is 0. The van der Waals surface area contributed by atoms with Crippen LogP contribution in [0, 0.1) is 13.8 Å². The molecule has 124 valence electrons. The third kappa shape index (κ3) is 1.47. The van der Waals surface area contributed by atoms with Gasteiger partial charge in [-0.25, -0.2) is 0 Å². The molecule has 2 nitrogen and oxygen atoms in total. The van der Waals surface area contributed by atoms with Crippen LogP contribution in [0.1, 0.15) is 11.1 Å². The topological polar surface area (TPSA) is 8.29 Å². The second kappa shape index (κ2) is 4.53. The first-order valence-electron chi connectivity index (χ1n) is 9.12. The van der Waals surface area contributed by atoms with E-state index in [0.29, 0.717) is 0 Å². The maximum atomic E-state index is 2.46. The molecule has 0 aliphatic carbocycles. The van der Waals surface area contributed by atoms with Gasteiger partial charge in [0.25, 0.3) is 0 Å². The lowest BCUT2D eigenvalue weighted by Gasteiger charge is -2.14. The van der Waals surface area contributed by atoms with Crippen LogP contribution in [0.5, 0.6) is 0 Å². The number of fused-ring (bicyclic) bond motifs is 5. The van der Waals surface area contributed by atoms with E-state index in [4.69, 9.17) is 0 Å². The molecule has 0 spiro atoms. The highest BCUT2D eigenvalue weighted by Gasteiger charge is 2.24. The maximum Gasteiger partial charge on any atom is 0.238 e. The van der Waals surface area contributed by atoms with E-state index in [1.165, 1.54) is 60.1 Å². The van der Waals surface area contributed by atoms with Crippen molar-refractivity contribution in [3.05, 3.63) is 71.9 Å². The minimum atomic E-state index is 1.28. The lowest BCUT2D eigenvalue weighted by atomic mass is 9.94. The Morgan fingerprint density at radius 3 is 2.50 bits per heavy atom. The number of hydrogen-bond acceptors (Lipinski definition) is 0. The largest absolute Gasteiger partial charge is 0.303 e. The minimum absolute atomic E-state index is 1.28. The molecular weight excluding hydrogens is 316 g/mol. The fraction of sp³-hybridized carbons (Fsp3) is 0.125. The molecule has 0 saturated heterocycles. The van der Waals surface area contributed by atoms with Crippen molar-refractivity contribution in [2.24, 2.45) is 7.05 Å². The molecule has 0 aliphatic rings. The zero-order chi connectivity index (χ0) is 17.6. The number of aromatic nitrogens is 2. The number of hydrogen-bond donors (Lipinski definition) is 0. The van der Waals surface area contributed by atoms with Crippen molar-refractivity contribution in [2.45, 2.75) is 13.8 Å². The van der Waals surface area contributed by atoms with Gasteiger partial charge in [-0.1, -0.05) is 36.4 Å². The summed E-state index contributed by atoms with van der Waals surface area (Å²) in [5, 5.41) is 6.73. The highest BCUT2D eigenvalue weighted by atomic mass is 15.0. The Morgan fingerprint density at radius 2 is 1.62 bits per heavy atom. The van der Waals surface area contributed by atoms with Crippen LogP contribution in [0.4, 0.5) is 0 Å². The molecular formula is C24H19N2+. The molecule has 3 heterocycles. The van der Waals surface area contributed by atoms with E-state index in [0.717, 1.165) is 0 Å². The van der Waals surface area contributed by atoms with E-state index in [2.05, 4.69) is 90.7 Å². The summed E-state index contributed by atoms with van der Waals surface area (Å²) in [5.41, 5.74) is 7.96. The molecule has 26 heavy (non-hydrogen) atoms. The number of benzene rings is 3. The quantitative estimate of drug-likeness (QED) is 0.199. The van der Waals surface area contributed by atoms with Crippen LogP contribution < -0.4 is 4.57 Å². The summed E-state index contributed by atoms with van der Waals surface area (Å²) in [6.07, 6.45) is 2.20. The van der Waals surface area contributed by atoms with Gasteiger partial charge in [0.2, 0.25) is 5.52 Å². The van der Waals surface area contributed by atoms with Gasteiger partial charge in [0.05, 0.1) is 16.4 Å². The first-order chi connectivity index (χ1) is 12.7. The van der Waals surface area contributed by atoms with Crippen LogP contribution in [0.25, 0.3) is 49.0 Å². The fourth-order valence-electron chi connectivity index (χ4n) is 4.80. The van der Waals surface area contributed by atoms with Gasteiger partial charge in [0.1, 0.15) is 12.6 Å². The van der Waals surface area contributed by atoms with Gasteiger partial charge in [0, 0.05) is 22.2 Å². The van der Waals surface area contributed by atoms with Gasteiger partial charge in [-0.05, 0) is 42.5 Å². The van der Waals surface area contributed by atoms with Crippen LogP contribution >= 0.6 is 0 Å². The molecule has 0 N–H and O–H groups in total. The molecule has 0 unspecified atom stereocenters. The minimum Gasteiger partial charge on any atom is -0.303 e. The molecule has 2 heteroatoms. The Labute approximate surface area is 151 Å². The number of nitrogens with zero attached hydrogens (tertiary/aromatic N) is 2. The Kier molecular flexibility index (Phi) is 2.45. The molecule has 0 bridgehead atoms. The predicted octanol–water partition coefficient (Wildman–Crippen LogP) is 5.43. The van der Waals surface area contributed by atoms with Gasteiger partial charge < -0.3 is 4.40 Å². The highest BCUT2D eigenvalue weighted by Crippen LogP contribution is 2.40. The summed E-state index contributed by atoms with van der Waals surface area (Å²) in [6, 6.07) is 20.0. The van der Waals surface area contributed by atoms with E-state index in [9.17, 15) is 0 Å². The van der Waals surface area contributed by atoms with Gasteiger partial charge in [-0.3, -0.25) is 0 Å². The van der Waals surface area contributed by atoms with E-state index < -0.39 is 0 Å². The standard InChI is InChI=1S/C24H19N2/c1-14-13-16-7-6-10-20-22(16)21(15(14)2)24-23-18(11-12-25(24)3)17-8-4-5-9-19(17)26(20)23/h4-13H,1-3H3/q+1. The predicted molar refractivity (Wildman–Crippen MR) is 109 cm³/mol. The average molecular weight is 335 g/mol. The summed E-state index contributed by atoms with van der Waals surface area (Å²) in [5.74, 6) is 0. The smallest absolute Gasteiger partial charge is 0.238 e. The number of pyridine rings is 2. The second-order valence-electron chi connectivity index (χ2n) is 7.46. The third-order valence-electron chi connectivity index (χ3n) is 6.10. The molecule has 3 aromatic heterocycles. The molecule has 3 aromatic carbocycles. The zero-order valence-corrected chi connectivity index (χ0v) is 15.2. The lowest BCUT2D eigenvalue weighted by molar-refractivity contribution is -0.644. The van der Waals surface area contributed by atoms with Crippen molar-refractivity contribution in [2.75, 3.05) is 0 Å². The fourth-order valence-corrected chi connectivity index (χ4v) is 4.80. The van der Waals surface area contributed by atoms with Crippen LogP contribution in [0.2, 0.25) is 0 Å². The van der Waals surface area contributed by atoms with E-state index in [1.807, 2.05) is 0 Å². The molecule has 0 aliphatic heterocycles. The molecule has 0 atom stereocenters. The van der Waals surface area contributed by atoms with E-state index >= 15 is 0 Å². The second-order valence-corrected chi connectivity index (χ2v) is 7.46. The number of para-hydroxylation sites is 1. The number of aryl methyl sites for hydroxylation is 3. The van der Waals surface area contributed by atoms with Crippen molar-refractivity contribution in [3.8, 4) is 0 Å². The van der Waals surface area contributed by atoms with Gasteiger partial charge in [-0.15, -0.1) is 0 Å². The monoisotopic (exact) mass is 335 g/mol. The molecule has 0 fully saturated rings. The molecule has 6 aromatic rings. The van der Waals surface area contributed by atoms with Crippen molar-refractivity contribution in [3.63, 3.8) is 0 Å². The molecule has 0 saturated carbocycles. The van der Waals surface area contributed by atoms with Crippen molar-refractivity contribution in [1.29, 1.82) is 0 Å². The van der Waals surface area contributed by atoms with Crippen molar-refractivity contribution < 1.29 is 4.57 Å². The Morgan fingerprint density at radius 1 is 0.808 bits per heavy atom. The molecule has 0 radical (unpaired) electrons. The molecule has 6 rings (SSSR count). The summed E-state index contributed by atoms with van der Waals surface area (Å²) < 4.78 is 4.75. The Hall–Kier alpha value is -3.13. The summed E-state index contributed by atoms with van der Waals surface area (Å²) in [7, 11) is 2.16. The Bertz CT molecular complexity index is 1500. The SMILES string of the molecule is Cc1cc2cccc3c2c(c1C)c1c2c(cc[n+]1C)c1ccccc1n32. The van der Waals surface area contributed by atoms with E-state index in [1.54, 1.807) is 0 Å². The molecule has 0 amide bonds. The van der Waals surface area contributed by atoms with Crippen LogP contribution in [0.15, 0.2) is 60.8 Å². The van der Waals surface area contributed by atoms with E-state index in [-0.39, 0.29) is 0 Å². The summed E-state index contributed by atoms with van der Waals surface area (Å²) in [6.45, 7) is 4.49. The Balaban J connectivity index is 2.17. The first kappa shape index (κ1) is 14.1. The third-order valence-corrected chi connectivity index (χ3v) is 6.10. The van der Waals surface area contributed by atoms with Gasteiger partial charge in [-0.2, -0.15) is 4.57 Å². The normalized spacial score (nSPS) is 12.4. The lowest BCUT2D eigenvalue weighted by Crippen LogP contribution is -2.29. The highest BCUT2D eigenvalue weighted by molar-refractivity contribution is 6.25. The first-order valence-corrected chi connectivity index (χ1v) is 9.12. The average Bonchev–Trinajstić information content (AvgIpc) is 2.99. The number of rotatable bonds is 0. The van der Waals surface area contributed by atoms with Gasteiger partial charge >= 0.3 is 0 Å². The van der Waals surface area contributed by atoms with Crippen LogP contribution in [-0.4, -0.2) is 4.40 Å². The van der Waals surface area contributed by atoms with Crippen LogP contribution in [-0.2, 0) is 7.05 Å². The van der Waals surface area contributed by atoms with Gasteiger partial charge in [0.15, 0.2) is 6.20 Å². The summed E-state index contributed by atoms with van der Waals surface area (Å²) in [4.78, 5) is 0. The van der Waals surface area contributed by atoms with Crippen molar-refractivity contribution in [1.82, 2.24) is 4.40 Å².